The molecule has 1 radical (unpaired) electrons. The highest BCUT2D eigenvalue weighted by Gasteiger charge is 2.02. The average molecular weight is 159 g/mol. The fourth-order valence-corrected chi connectivity index (χ4v) is 0.945. The van der Waals surface area contributed by atoms with Gasteiger partial charge in [0.25, 0.3) is 0 Å². The second-order valence-corrected chi connectivity index (χ2v) is 2.39. The molecule has 0 unspecified atom stereocenters. The molecule has 0 aromatic carbocycles. The van der Waals surface area contributed by atoms with Gasteiger partial charge in [-0.3, -0.25) is 4.98 Å². The lowest BCUT2D eigenvalue weighted by Crippen LogP contribution is -1.77. The molecule has 12 heavy (non-hydrogen) atoms. The molecule has 0 aliphatic carbocycles. The first-order valence-electron chi connectivity index (χ1n) is 3.61. The molecule has 3 heteroatoms. The predicted octanol–water partition coefficient (Wildman–Crippen LogP) is 1.85. The molecule has 2 aromatic heterocycles. The molecule has 0 fully saturated rings. The van der Waals surface area contributed by atoms with Gasteiger partial charge in [0.1, 0.15) is 5.69 Å². The Balaban J connectivity index is 2.45. The van der Waals surface area contributed by atoms with Crippen LogP contribution in [0.15, 0.2) is 28.9 Å². The van der Waals surface area contributed by atoms with Crippen LogP contribution in [0.25, 0.3) is 11.5 Å². The van der Waals surface area contributed by atoms with E-state index in [1.165, 1.54) is 0 Å². The van der Waals surface area contributed by atoms with E-state index in [-0.39, 0.29) is 0 Å². The van der Waals surface area contributed by atoms with Crippen LogP contribution in [0, 0.1) is 13.0 Å². The van der Waals surface area contributed by atoms with Crippen LogP contribution in [-0.2, 0) is 0 Å². The summed E-state index contributed by atoms with van der Waals surface area (Å²) in [6, 6.07) is 6.46. The number of pyridine rings is 1. The molecule has 0 saturated carbocycles. The quantitative estimate of drug-likeness (QED) is 0.637. The van der Waals surface area contributed by atoms with E-state index >= 15 is 0 Å². The number of aromatic nitrogens is 2. The van der Waals surface area contributed by atoms with Gasteiger partial charge in [0.15, 0.2) is 11.7 Å². The van der Waals surface area contributed by atoms with E-state index in [9.17, 15) is 0 Å². The molecule has 2 heterocycles. The van der Waals surface area contributed by atoms with Crippen molar-refractivity contribution in [3.05, 3.63) is 36.5 Å². The summed E-state index contributed by atoms with van der Waals surface area (Å²) < 4.78 is 5.28. The second-order valence-electron chi connectivity index (χ2n) is 2.39. The molecule has 0 amide bonds. The minimum atomic E-state index is 0.652. The number of hydrogen-bond donors (Lipinski definition) is 0. The zero-order valence-electron chi connectivity index (χ0n) is 6.61. The van der Waals surface area contributed by atoms with Gasteiger partial charge >= 0.3 is 0 Å². The summed E-state index contributed by atoms with van der Waals surface area (Å²) in [7, 11) is 0. The summed E-state index contributed by atoms with van der Waals surface area (Å²) in [6.45, 7) is 1.80. The maximum atomic E-state index is 5.28. The van der Waals surface area contributed by atoms with E-state index in [0.717, 1.165) is 5.69 Å². The highest BCUT2D eigenvalue weighted by atomic mass is 16.4. The molecule has 2 aromatic rings. The maximum Gasteiger partial charge on any atom is 0.191 e. The van der Waals surface area contributed by atoms with Crippen molar-refractivity contribution in [3.8, 4) is 11.5 Å². The molecular weight excluding hydrogens is 152 g/mol. The van der Waals surface area contributed by atoms with E-state index in [2.05, 4.69) is 16.0 Å². The van der Waals surface area contributed by atoms with Gasteiger partial charge in [-0.25, -0.2) is 4.98 Å². The van der Waals surface area contributed by atoms with Crippen molar-refractivity contribution in [1.82, 2.24) is 9.97 Å². The van der Waals surface area contributed by atoms with Crippen molar-refractivity contribution in [2.45, 2.75) is 6.92 Å². The monoisotopic (exact) mass is 159 g/mol. The second kappa shape index (κ2) is 2.77. The van der Waals surface area contributed by atoms with Crippen LogP contribution in [0.1, 0.15) is 5.89 Å². The van der Waals surface area contributed by atoms with Crippen LogP contribution in [-0.4, -0.2) is 9.97 Å². The van der Waals surface area contributed by atoms with Crippen LogP contribution in [0.5, 0.6) is 0 Å². The first-order valence-corrected chi connectivity index (χ1v) is 3.61. The summed E-state index contributed by atoms with van der Waals surface area (Å²) in [6.07, 6.45) is 3.27. The Labute approximate surface area is 70.1 Å². The van der Waals surface area contributed by atoms with Crippen LogP contribution in [0.4, 0.5) is 0 Å². The molecule has 2 rings (SSSR count). The minimum Gasteiger partial charge on any atom is -0.439 e. The molecule has 0 saturated heterocycles. The third kappa shape index (κ3) is 1.21. The SMILES string of the molecule is Cc1ncc(-c2cc[c]cn2)o1. The molecule has 0 atom stereocenters. The lowest BCUT2D eigenvalue weighted by atomic mass is 10.3. The van der Waals surface area contributed by atoms with Gasteiger partial charge in [-0.05, 0) is 6.07 Å². The summed E-state index contributed by atoms with van der Waals surface area (Å²) in [5, 5.41) is 0. The molecule has 3 nitrogen and oxygen atoms in total. The lowest BCUT2D eigenvalue weighted by molar-refractivity contribution is 0.532. The molecule has 59 valence electrons. The van der Waals surface area contributed by atoms with Gasteiger partial charge in [0, 0.05) is 19.2 Å². The Morgan fingerprint density at radius 1 is 1.42 bits per heavy atom. The zero-order valence-corrected chi connectivity index (χ0v) is 6.61. The smallest absolute Gasteiger partial charge is 0.191 e. The maximum absolute atomic E-state index is 5.28. The summed E-state index contributed by atoms with van der Waals surface area (Å²) in [4.78, 5) is 8.05. The summed E-state index contributed by atoms with van der Waals surface area (Å²) in [5.41, 5.74) is 0.786. The van der Waals surface area contributed by atoms with Gasteiger partial charge in [-0.1, -0.05) is 6.07 Å². The molecule has 0 N–H and O–H groups in total. The van der Waals surface area contributed by atoms with Crippen molar-refractivity contribution >= 4 is 0 Å². The Bertz CT molecular complexity index is 367. The predicted molar refractivity (Wildman–Crippen MR) is 43.3 cm³/mol. The van der Waals surface area contributed by atoms with Crippen molar-refractivity contribution in [2.75, 3.05) is 0 Å². The number of nitrogens with zero attached hydrogens (tertiary/aromatic N) is 2. The Morgan fingerprint density at radius 2 is 2.33 bits per heavy atom. The number of rotatable bonds is 1. The molecule has 0 spiro atoms. The number of hydrogen-bond acceptors (Lipinski definition) is 3. The van der Waals surface area contributed by atoms with E-state index in [4.69, 9.17) is 4.42 Å². The minimum absolute atomic E-state index is 0.652. The fourth-order valence-electron chi connectivity index (χ4n) is 0.945. The van der Waals surface area contributed by atoms with E-state index in [1.807, 2.05) is 6.07 Å². The molecular formula is C9H7N2O. The molecule has 0 aliphatic rings. The number of aryl methyl sites for hydroxylation is 1. The van der Waals surface area contributed by atoms with Crippen LogP contribution < -0.4 is 0 Å². The van der Waals surface area contributed by atoms with Gasteiger partial charge in [0.05, 0.1) is 6.20 Å². The van der Waals surface area contributed by atoms with Gasteiger partial charge in [-0.2, -0.15) is 0 Å². The third-order valence-corrected chi connectivity index (χ3v) is 1.49. The van der Waals surface area contributed by atoms with Gasteiger partial charge < -0.3 is 4.42 Å². The highest BCUT2D eigenvalue weighted by Crippen LogP contribution is 2.15. The molecule has 0 bridgehead atoms. The Kier molecular flexibility index (Phi) is 1.63. The van der Waals surface area contributed by atoms with Gasteiger partial charge in [0.2, 0.25) is 0 Å². The normalized spacial score (nSPS) is 10.1. The van der Waals surface area contributed by atoms with Gasteiger partial charge in [-0.15, -0.1) is 0 Å². The van der Waals surface area contributed by atoms with Crippen molar-refractivity contribution in [1.29, 1.82) is 0 Å². The standard InChI is InChI=1S/C9H7N2O/c1-7-11-6-9(12-7)8-4-2-3-5-10-8/h2,4-6H,1H3. The van der Waals surface area contributed by atoms with Crippen molar-refractivity contribution < 1.29 is 4.42 Å². The number of oxazole rings is 1. The third-order valence-electron chi connectivity index (χ3n) is 1.49. The molecule has 0 aliphatic heterocycles. The highest BCUT2D eigenvalue weighted by molar-refractivity contribution is 5.49. The van der Waals surface area contributed by atoms with E-state index in [1.54, 1.807) is 25.4 Å². The average Bonchev–Trinajstić information content (AvgIpc) is 2.54. The lowest BCUT2D eigenvalue weighted by Gasteiger charge is -1.91. The Morgan fingerprint density at radius 3 is 2.92 bits per heavy atom. The van der Waals surface area contributed by atoms with Crippen LogP contribution in [0.3, 0.4) is 0 Å². The first-order chi connectivity index (χ1) is 5.86. The topological polar surface area (TPSA) is 38.9 Å². The first kappa shape index (κ1) is 7.03. The fraction of sp³-hybridized carbons (Fsp3) is 0.111. The van der Waals surface area contributed by atoms with E-state index in [0.29, 0.717) is 11.7 Å². The van der Waals surface area contributed by atoms with Crippen LogP contribution >= 0.6 is 0 Å². The largest absolute Gasteiger partial charge is 0.439 e. The zero-order chi connectivity index (χ0) is 8.39. The van der Waals surface area contributed by atoms with Crippen molar-refractivity contribution in [3.63, 3.8) is 0 Å². The summed E-state index contributed by atoms with van der Waals surface area (Å²) >= 11 is 0. The van der Waals surface area contributed by atoms with Crippen LogP contribution in [0.2, 0.25) is 0 Å². The van der Waals surface area contributed by atoms with Crippen molar-refractivity contribution in [2.24, 2.45) is 0 Å². The Hall–Kier alpha value is -1.64. The summed E-state index contributed by atoms with van der Waals surface area (Å²) in [5.74, 6) is 1.35. The van der Waals surface area contributed by atoms with E-state index < -0.39 is 0 Å².